The molecule has 0 aliphatic heterocycles. The molecule has 4 N–H and O–H groups in total. The Bertz CT molecular complexity index is 119. The Balaban J connectivity index is 2.96. The molecule has 6 heteroatoms. The summed E-state index contributed by atoms with van der Waals surface area (Å²) in [4.78, 5) is 0. The van der Waals surface area contributed by atoms with Gasteiger partial charge in [0.2, 0.25) is 0 Å². The van der Waals surface area contributed by atoms with Crippen LogP contribution < -0.4 is 11.5 Å². The average molecular weight is 271 g/mol. The summed E-state index contributed by atoms with van der Waals surface area (Å²) in [7, 11) is 7.39. The molecule has 0 heterocycles. The van der Waals surface area contributed by atoms with E-state index in [0.717, 1.165) is 36.1 Å². The molecule has 0 aliphatic rings. The molecule has 2 nitrogen and oxygen atoms in total. The lowest BCUT2D eigenvalue weighted by Crippen LogP contribution is -1.99. The molecule has 0 radical (unpaired) electrons. The van der Waals surface area contributed by atoms with Crippen molar-refractivity contribution in [3.63, 3.8) is 0 Å². The fourth-order valence-corrected chi connectivity index (χ4v) is 3.91. The van der Waals surface area contributed by atoms with Gasteiger partial charge in [0, 0.05) is 36.1 Å². The van der Waals surface area contributed by atoms with Crippen LogP contribution in [0.3, 0.4) is 0 Å². The van der Waals surface area contributed by atoms with Crippen LogP contribution in [0.1, 0.15) is 0 Å². The third-order valence-corrected chi connectivity index (χ3v) is 5.68. The monoisotopic (exact) mass is 270 g/mol. The van der Waals surface area contributed by atoms with Crippen LogP contribution in [0.4, 0.5) is 0 Å². The third-order valence-electron chi connectivity index (χ3n) is 1.06. The lowest BCUT2D eigenvalue weighted by Gasteiger charge is -1.95. The van der Waals surface area contributed by atoms with E-state index < -0.39 is 0 Å². The fourth-order valence-electron chi connectivity index (χ4n) is 0.525. The number of rotatable bonds is 10. The molecule has 0 aliphatic carbocycles. The van der Waals surface area contributed by atoms with Crippen LogP contribution in [0.5, 0.6) is 0 Å². The van der Waals surface area contributed by atoms with Crippen molar-refractivity contribution < 1.29 is 0 Å². The Labute approximate surface area is 103 Å². The highest BCUT2D eigenvalue weighted by molar-refractivity contribution is 8.77. The van der Waals surface area contributed by atoms with E-state index >= 15 is 0 Å². The summed E-state index contributed by atoms with van der Waals surface area (Å²) in [5.41, 5.74) is 10.7. The summed E-state index contributed by atoms with van der Waals surface area (Å²) >= 11 is 0. The van der Waals surface area contributed by atoms with E-state index in [9.17, 15) is 0 Å². The molecular formula is C8H18N2S4. The van der Waals surface area contributed by atoms with E-state index in [1.54, 1.807) is 0 Å². The molecule has 0 spiro atoms. The van der Waals surface area contributed by atoms with Gasteiger partial charge in [-0.25, -0.2) is 0 Å². The first-order valence-electron chi connectivity index (χ1n) is 4.45. The molecule has 14 heavy (non-hydrogen) atoms. The summed E-state index contributed by atoms with van der Waals surface area (Å²) in [6.45, 7) is 1.54. The number of hydrogen-bond acceptors (Lipinski definition) is 6. The minimum atomic E-state index is 0.771. The molecule has 0 amide bonds. The maximum absolute atomic E-state index is 5.37. The van der Waals surface area contributed by atoms with Crippen molar-refractivity contribution in [3.05, 3.63) is 12.2 Å². The maximum Gasteiger partial charge on any atom is 0.0218 e. The van der Waals surface area contributed by atoms with E-state index in [2.05, 4.69) is 12.2 Å². The second-order valence-corrected chi connectivity index (χ2v) is 7.52. The predicted octanol–water partition coefficient (Wildman–Crippen LogP) is 2.22. The summed E-state index contributed by atoms with van der Waals surface area (Å²) < 4.78 is 0. The van der Waals surface area contributed by atoms with Crippen LogP contribution >= 0.6 is 43.2 Å². The summed E-state index contributed by atoms with van der Waals surface area (Å²) in [5.74, 6) is 4.23. The van der Waals surface area contributed by atoms with Crippen molar-refractivity contribution in [1.29, 1.82) is 0 Å². The van der Waals surface area contributed by atoms with Gasteiger partial charge in [-0.2, -0.15) is 0 Å². The van der Waals surface area contributed by atoms with E-state index in [-0.39, 0.29) is 0 Å². The van der Waals surface area contributed by atoms with E-state index in [4.69, 9.17) is 11.5 Å². The minimum Gasteiger partial charge on any atom is -0.330 e. The second-order valence-electron chi connectivity index (χ2n) is 2.26. The zero-order valence-corrected chi connectivity index (χ0v) is 11.5. The van der Waals surface area contributed by atoms with Gasteiger partial charge in [0.1, 0.15) is 0 Å². The first kappa shape index (κ1) is 15.1. The van der Waals surface area contributed by atoms with Gasteiger partial charge in [0.15, 0.2) is 0 Å². The smallest absolute Gasteiger partial charge is 0.0218 e. The Kier molecular flexibility index (Phi) is 15.1. The molecule has 0 saturated heterocycles. The summed E-state index contributed by atoms with van der Waals surface area (Å²) in [6, 6.07) is 0. The topological polar surface area (TPSA) is 52.0 Å². The molecule has 0 aromatic heterocycles. The Morgan fingerprint density at radius 3 is 1.50 bits per heavy atom. The Morgan fingerprint density at radius 2 is 1.14 bits per heavy atom. The molecule has 0 rings (SSSR count). The molecule has 0 unspecified atom stereocenters. The predicted molar refractivity (Wildman–Crippen MR) is 77.1 cm³/mol. The summed E-state index contributed by atoms with van der Waals surface area (Å²) in [5, 5.41) is 0. The molecule has 0 bridgehead atoms. The molecular weight excluding hydrogens is 252 g/mol. The molecule has 0 aromatic carbocycles. The summed E-state index contributed by atoms with van der Waals surface area (Å²) in [6.07, 6.45) is 4.42. The molecule has 0 atom stereocenters. The standard InChI is InChI=1S/C8H18N2S4/c9-3-7-13-11-5-1-2-6-12-14-8-4-10/h1-2H,3-10H2/b2-1+. The lowest BCUT2D eigenvalue weighted by molar-refractivity contribution is 1.16. The van der Waals surface area contributed by atoms with Crippen LogP contribution in [0, 0.1) is 0 Å². The molecule has 0 saturated carbocycles. The largest absolute Gasteiger partial charge is 0.330 e. The van der Waals surface area contributed by atoms with E-state index in [0.29, 0.717) is 0 Å². The first-order chi connectivity index (χ1) is 6.91. The number of hydrogen-bond donors (Lipinski definition) is 2. The Hall–Kier alpha value is 1.06. The van der Waals surface area contributed by atoms with Crippen molar-refractivity contribution in [2.45, 2.75) is 0 Å². The highest BCUT2D eigenvalue weighted by atomic mass is 33.1. The van der Waals surface area contributed by atoms with Gasteiger partial charge in [-0.05, 0) is 0 Å². The maximum atomic E-state index is 5.37. The Morgan fingerprint density at radius 1 is 0.714 bits per heavy atom. The highest BCUT2D eigenvalue weighted by Crippen LogP contribution is 2.21. The van der Waals surface area contributed by atoms with Gasteiger partial charge in [0.05, 0.1) is 0 Å². The van der Waals surface area contributed by atoms with Gasteiger partial charge in [-0.15, -0.1) is 0 Å². The van der Waals surface area contributed by atoms with Gasteiger partial charge in [0.25, 0.3) is 0 Å². The SMILES string of the molecule is NCCSSC/C=C/CSSCCN. The van der Waals surface area contributed by atoms with Crippen molar-refractivity contribution >= 4 is 43.2 Å². The highest BCUT2D eigenvalue weighted by Gasteiger charge is 1.86. The number of nitrogens with two attached hydrogens (primary N) is 2. The van der Waals surface area contributed by atoms with E-state index in [1.807, 2.05) is 43.2 Å². The second kappa shape index (κ2) is 14.1. The zero-order valence-electron chi connectivity index (χ0n) is 8.19. The van der Waals surface area contributed by atoms with Crippen molar-refractivity contribution in [2.24, 2.45) is 11.5 Å². The minimum absolute atomic E-state index is 0.771. The van der Waals surface area contributed by atoms with Gasteiger partial charge >= 0.3 is 0 Å². The molecule has 84 valence electrons. The van der Waals surface area contributed by atoms with Crippen molar-refractivity contribution in [2.75, 3.05) is 36.1 Å². The first-order valence-corrected chi connectivity index (χ1v) is 9.43. The van der Waals surface area contributed by atoms with Crippen molar-refractivity contribution in [3.8, 4) is 0 Å². The molecule has 0 aromatic rings. The van der Waals surface area contributed by atoms with Gasteiger partial charge < -0.3 is 11.5 Å². The van der Waals surface area contributed by atoms with E-state index in [1.165, 1.54) is 0 Å². The lowest BCUT2D eigenvalue weighted by atomic mass is 10.6. The normalized spacial score (nSPS) is 11.3. The van der Waals surface area contributed by atoms with Crippen LogP contribution in [0.15, 0.2) is 12.2 Å². The van der Waals surface area contributed by atoms with Crippen LogP contribution in [-0.4, -0.2) is 36.1 Å². The average Bonchev–Trinajstić information content (AvgIpc) is 2.21. The van der Waals surface area contributed by atoms with Crippen LogP contribution in [0.25, 0.3) is 0 Å². The third kappa shape index (κ3) is 13.1. The van der Waals surface area contributed by atoms with Crippen molar-refractivity contribution in [1.82, 2.24) is 0 Å². The quantitative estimate of drug-likeness (QED) is 0.361. The van der Waals surface area contributed by atoms with Gasteiger partial charge in [-0.3, -0.25) is 0 Å². The van der Waals surface area contributed by atoms with Crippen LogP contribution in [-0.2, 0) is 0 Å². The van der Waals surface area contributed by atoms with Gasteiger partial charge in [-0.1, -0.05) is 55.3 Å². The van der Waals surface area contributed by atoms with Crippen LogP contribution in [0.2, 0.25) is 0 Å². The fraction of sp³-hybridized carbons (Fsp3) is 0.750. The zero-order chi connectivity index (χ0) is 10.5. The molecule has 0 fully saturated rings.